The highest BCUT2D eigenvalue weighted by Gasteiger charge is 2.03. The minimum absolute atomic E-state index is 0.214. The van der Waals surface area contributed by atoms with E-state index in [1.807, 2.05) is 32.9 Å². The van der Waals surface area contributed by atoms with Gasteiger partial charge < -0.3 is 5.73 Å². The van der Waals surface area contributed by atoms with Crippen LogP contribution in [0.15, 0.2) is 50.9 Å². The molecule has 92 valence electrons. The highest BCUT2D eigenvalue weighted by Crippen LogP contribution is 2.05. The zero-order chi connectivity index (χ0) is 13.3. The van der Waals surface area contributed by atoms with Crippen LogP contribution in [0.4, 0.5) is 0 Å². The SMILES string of the molecule is C\C=C/N=C(C)/C(=C/C)/N=C(N)/C(=C/C)N=N. The molecule has 0 radical (unpaired) electrons. The monoisotopic (exact) mass is 233 g/mol. The summed E-state index contributed by atoms with van der Waals surface area (Å²) in [7, 11) is 0. The Morgan fingerprint density at radius 1 is 1.12 bits per heavy atom. The molecule has 5 nitrogen and oxygen atoms in total. The number of hydrogen-bond acceptors (Lipinski definition) is 4. The second-order valence-corrected chi connectivity index (χ2v) is 3.15. The molecule has 0 amide bonds. The minimum atomic E-state index is 0.214. The third-order valence-corrected chi connectivity index (χ3v) is 1.96. The van der Waals surface area contributed by atoms with Gasteiger partial charge in [-0.1, -0.05) is 18.2 Å². The number of nitrogens with two attached hydrogens (primary N) is 1. The van der Waals surface area contributed by atoms with E-state index >= 15 is 0 Å². The van der Waals surface area contributed by atoms with Gasteiger partial charge in [-0.3, -0.25) is 4.99 Å². The molecule has 0 heterocycles. The molecule has 0 spiro atoms. The van der Waals surface area contributed by atoms with Gasteiger partial charge in [0.05, 0.1) is 11.4 Å². The summed E-state index contributed by atoms with van der Waals surface area (Å²) in [4.78, 5) is 8.38. The molecule has 0 fully saturated rings. The Hall–Kier alpha value is -2.04. The lowest BCUT2D eigenvalue weighted by Crippen LogP contribution is -2.15. The van der Waals surface area contributed by atoms with E-state index in [0.29, 0.717) is 11.4 Å². The fraction of sp³-hybridized carbons (Fsp3) is 0.333. The number of aliphatic imine (C=N–C) groups is 2. The van der Waals surface area contributed by atoms with Crippen LogP contribution in [0, 0.1) is 5.53 Å². The van der Waals surface area contributed by atoms with Crippen molar-refractivity contribution in [2.24, 2.45) is 20.8 Å². The van der Waals surface area contributed by atoms with Crippen LogP contribution < -0.4 is 5.73 Å². The topological polar surface area (TPSA) is 86.9 Å². The number of rotatable bonds is 5. The Kier molecular flexibility index (Phi) is 7.17. The first-order valence-electron chi connectivity index (χ1n) is 5.31. The molecule has 0 aromatic carbocycles. The summed E-state index contributed by atoms with van der Waals surface area (Å²) in [6.45, 7) is 7.35. The van der Waals surface area contributed by atoms with E-state index in [0.717, 1.165) is 5.71 Å². The first-order valence-corrected chi connectivity index (χ1v) is 5.31. The van der Waals surface area contributed by atoms with Crippen molar-refractivity contribution in [3.63, 3.8) is 0 Å². The van der Waals surface area contributed by atoms with Crippen LogP contribution in [0.25, 0.3) is 0 Å². The maximum atomic E-state index is 6.94. The molecular weight excluding hydrogens is 214 g/mol. The first kappa shape index (κ1) is 15.0. The van der Waals surface area contributed by atoms with Gasteiger partial charge in [0, 0.05) is 6.20 Å². The second-order valence-electron chi connectivity index (χ2n) is 3.15. The van der Waals surface area contributed by atoms with Gasteiger partial charge in [0.2, 0.25) is 0 Å². The largest absolute Gasteiger partial charge is 0.382 e. The maximum absolute atomic E-state index is 6.94. The van der Waals surface area contributed by atoms with E-state index in [9.17, 15) is 0 Å². The fourth-order valence-corrected chi connectivity index (χ4v) is 1.06. The van der Waals surface area contributed by atoms with Crippen LogP contribution in [0.2, 0.25) is 0 Å². The highest BCUT2D eigenvalue weighted by molar-refractivity contribution is 6.04. The predicted octanol–water partition coefficient (Wildman–Crippen LogP) is 3.18. The van der Waals surface area contributed by atoms with Crippen LogP contribution in [-0.2, 0) is 0 Å². The Labute approximate surface area is 102 Å². The molecular formula is C12H19N5. The fourth-order valence-electron chi connectivity index (χ4n) is 1.06. The van der Waals surface area contributed by atoms with Crippen molar-refractivity contribution in [3.8, 4) is 0 Å². The third kappa shape index (κ3) is 5.01. The Morgan fingerprint density at radius 3 is 2.12 bits per heavy atom. The summed E-state index contributed by atoms with van der Waals surface area (Å²) >= 11 is 0. The van der Waals surface area contributed by atoms with E-state index in [1.165, 1.54) is 0 Å². The minimum Gasteiger partial charge on any atom is -0.382 e. The number of nitrogens with one attached hydrogen (secondary N) is 1. The molecule has 0 aliphatic carbocycles. The summed E-state index contributed by atoms with van der Waals surface area (Å²) in [6, 6.07) is 0. The molecule has 0 atom stereocenters. The van der Waals surface area contributed by atoms with Gasteiger partial charge >= 0.3 is 0 Å². The molecule has 0 aromatic heterocycles. The van der Waals surface area contributed by atoms with Gasteiger partial charge in [0.25, 0.3) is 0 Å². The molecule has 0 aliphatic heterocycles. The number of hydrogen-bond donors (Lipinski definition) is 2. The van der Waals surface area contributed by atoms with Gasteiger partial charge in [-0.2, -0.15) is 5.11 Å². The van der Waals surface area contributed by atoms with E-state index in [1.54, 1.807) is 19.2 Å². The first-order chi connectivity index (χ1) is 8.10. The molecule has 17 heavy (non-hydrogen) atoms. The molecule has 0 bridgehead atoms. The van der Waals surface area contributed by atoms with Gasteiger partial charge in [-0.25, -0.2) is 10.5 Å². The van der Waals surface area contributed by atoms with Gasteiger partial charge in [0.1, 0.15) is 5.70 Å². The van der Waals surface area contributed by atoms with Gasteiger partial charge in [0.15, 0.2) is 5.84 Å². The number of amidine groups is 1. The van der Waals surface area contributed by atoms with Crippen molar-refractivity contribution in [1.82, 2.24) is 0 Å². The zero-order valence-electron chi connectivity index (χ0n) is 10.7. The molecule has 0 rings (SSSR count). The van der Waals surface area contributed by atoms with Crippen LogP contribution in [-0.4, -0.2) is 11.5 Å². The Bertz CT molecular complexity index is 411. The summed E-state index contributed by atoms with van der Waals surface area (Å²) in [5.74, 6) is 0.214. The van der Waals surface area contributed by atoms with Crippen molar-refractivity contribution in [1.29, 1.82) is 5.53 Å². The summed E-state index contributed by atoms with van der Waals surface area (Å²) in [6.07, 6.45) is 6.97. The van der Waals surface area contributed by atoms with Crippen molar-refractivity contribution < 1.29 is 0 Å². The molecule has 0 saturated carbocycles. The van der Waals surface area contributed by atoms with Crippen molar-refractivity contribution in [3.05, 3.63) is 35.8 Å². The van der Waals surface area contributed by atoms with E-state index in [4.69, 9.17) is 11.3 Å². The van der Waals surface area contributed by atoms with Crippen LogP contribution in [0.3, 0.4) is 0 Å². The van der Waals surface area contributed by atoms with Crippen LogP contribution in [0.5, 0.6) is 0 Å². The van der Waals surface area contributed by atoms with Gasteiger partial charge in [-0.15, -0.1) is 0 Å². The molecule has 3 N–H and O–H groups in total. The van der Waals surface area contributed by atoms with Gasteiger partial charge in [-0.05, 0) is 27.7 Å². The molecule has 0 unspecified atom stereocenters. The summed E-state index contributed by atoms with van der Waals surface area (Å²) < 4.78 is 0. The maximum Gasteiger partial charge on any atom is 0.151 e. The normalized spacial score (nSPS) is 15.5. The molecule has 0 saturated heterocycles. The summed E-state index contributed by atoms with van der Waals surface area (Å²) in [5, 5.41) is 3.29. The molecule has 5 heteroatoms. The Morgan fingerprint density at radius 2 is 1.71 bits per heavy atom. The number of allylic oxidation sites excluding steroid dienone is 4. The second kappa shape index (κ2) is 8.15. The lowest BCUT2D eigenvalue weighted by Gasteiger charge is -2.02. The van der Waals surface area contributed by atoms with Crippen LogP contribution in [0.1, 0.15) is 27.7 Å². The van der Waals surface area contributed by atoms with E-state index in [2.05, 4.69) is 15.1 Å². The average molecular weight is 233 g/mol. The lowest BCUT2D eigenvalue weighted by molar-refractivity contribution is 1.09. The molecule has 0 aromatic rings. The lowest BCUT2D eigenvalue weighted by atomic mass is 10.3. The molecule has 0 aliphatic rings. The van der Waals surface area contributed by atoms with Crippen LogP contribution >= 0.6 is 0 Å². The smallest absolute Gasteiger partial charge is 0.151 e. The quantitative estimate of drug-likeness (QED) is 0.426. The predicted molar refractivity (Wildman–Crippen MR) is 72.2 cm³/mol. The average Bonchev–Trinajstić information content (AvgIpc) is 2.34. The van der Waals surface area contributed by atoms with Crippen molar-refractivity contribution in [2.75, 3.05) is 0 Å². The van der Waals surface area contributed by atoms with E-state index < -0.39 is 0 Å². The standard InChI is InChI=1S/C12H19N5/c1-5-8-15-9(4)10(6-2)16-12(13)11(7-3)17-14/h5-8,14H,1-4H3,(H2,13,16)/b8-5-,10-6-,11-7-,15-9+,17-14?. The summed E-state index contributed by atoms with van der Waals surface area (Å²) in [5.41, 5.74) is 14.5. The van der Waals surface area contributed by atoms with Crippen molar-refractivity contribution in [2.45, 2.75) is 27.7 Å². The van der Waals surface area contributed by atoms with Crippen molar-refractivity contribution >= 4 is 11.5 Å². The zero-order valence-corrected chi connectivity index (χ0v) is 10.7. The highest BCUT2D eigenvalue weighted by atomic mass is 15.0. The van der Waals surface area contributed by atoms with E-state index in [-0.39, 0.29) is 5.84 Å². The number of nitrogens with zero attached hydrogens (tertiary/aromatic N) is 3. The Balaban J connectivity index is 5.20. The third-order valence-electron chi connectivity index (χ3n) is 1.96.